The lowest BCUT2D eigenvalue weighted by atomic mass is 9.94. The second kappa shape index (κ2) is 2.46. The second-order valence-corrected chi connectivity index (χ2v) is 4.02. The van der Waals surface area contributed by atoms with Gasteiger partial charge in [-0.25, -0.2) is 0 Å². The summed E-state index contributed by atoms with van der Waals surface area (Å²) < 4.78 is 0. The molecule has 1 saturated heterocycles. The van der Waals surface area contributed by atoms with Crippen molar-refractivity contribution < 1.29 is 9.90 Å². The molecule has 1 saturated carbocycles. The number of likely N-dealkylation sites (tertiary alicyclic amines) is 1. The molecule has 1 aliphatic heterocycles. The van der Waals surface area contributed by atoms with E-state index in [0.717, 1.165) is 31.8 Å². The van der Waals surface area contributed by atoms with E-state index in [0.29, 0.717) is 0 Å². The molecule has 0 atom stereocenters. The molecule has 0 aromatic heterocycles. The zero-order valence-electron chi connectivity index (χ0n) is 7.42. The summed E-state index contributed by atoms with van der Waals surface area (Å²) in [6, 6.07) is 0. The highest BCUT2D eigenvalue weighted by Gasteiger charge is 2.57. The Morgan fingerprint density at radius 3 is 2.50 bits per heavy atom. The topological polar surface area (TPSA) is 40.5 Å². The molecule has 0 amide bonds. The molecule has 3 heteroatoms. The summed E-state index contributed by atoms with van der Waals surface area (Å²) in [5.41, 5.74) is -0.425. The van der Waals surface area contributed by atoms with E-state index >= 15 is 0 Å². The highest BCUT2D eigenvalue weighted by molar-refractivity contribution is 5.82. The van der Waals surface area contributed by atoms with Gasteiger partial charge in [-0.2, -0.15) is 0 Å². The molecule has 1 heterocycles. The Labute approximate surface area is 72.4 Å². The third-order valence-electron chi connectivity index (χ3n) is 3.26. The highest BCUT2D eigenvalue weighted by Crippen LogP contribution is 2.45. The summed E-state index contributed by atoms with van der Waals surface area (Å²) in [7, 11) is 0. The van der Waals surface area contributed by atoms with Crippen LogP contribution in [0.5, 0.6) is 0 Å². The fourth-order valence-corrected chi connectivity index (χ4v) is 1.96. The zero-order valence-corrected chi connectivity index (χ0v) is 7.42. The van der Waals surface area contributed by atoms with E-state index in [2.05, 4.69) is 11.8 Å². The van der Waals surface area contributed by atoms with Crippen LogP contribution in [0.2, 0.25) is 0 Å². The first-order valence-corrected chi connectivity index (χ1v) is 4.67. The maximum atomic E-state index is 10.9. The van der Waals surface area contributed by atoms with Crippen molar-refractivity contribution in [3.8, 4) is 0 Å². The molecule has 0 bridgehead atoms. The summed E-state index contributed by atoms with van der Waals surface area (Å²) in [6.07, 6.45) is 2.91. The predicted octanol–water partition coefficient (Wildman–Crippen LogP) is 0.945. The lowest BCUT2D eigenvalue weighted by molar-refractivity contribution is -0.148. The molecule has 1 N–H and O–H groups in total. The monoisotopic (exact) mass is 169 g/mol. The molecule has 1 aliphatic carbocycles. The van der Waals surface area contributed by atoms with Gasteiger partial charge >= 0.3 is 5.97 Å². The summed E-state index contributed by atoms with van der Waals surface area (Å²) >= 11 is 0. The molecule has 2 rings (SSSR count). The van der Waals surface area contributed by atoms with E-state index in [4.69, 9.17) is 5.11 Å². The number of hydrogen-bond donors (Lipinski definition) is 1. The lowest BCUT2D eigenvalue weighted by Crippen LogP contribution is -2.56. The van der Waals surface area contributed by atoms with E-state index in [9.17, 15) is 4.79 Å². The standard InChI is InChI=1S/C9H15NO2/c1-2-7-5-10(6-7)9(3-4-9)8(11)12/h7H,2-6H2,1H3,(H,11,12). The summed E-state index contributed by atoms with van der Waals surface area (Å²) in [5.74, 6) is 0.138. The summed E-state index contributed by atoms with van der Waals surface area (Å²) in [5, 5.41) is 8.96. The van der Waals surface area contributed by atoms with E-state index in [1.807, 2.05) is 0 Å². The molecule has 3 nitrogen and oxygen atoms in total. The number of aliphatic carboxylic acids is 1. The van der Waals surface area contributed by atoms with Gasteiger partial charge in [-0.1, -0.05) is 13.3 Å². The van der Waals surface area contributed by atoms with Crippen molar-refractivity contribution >= 4 is 5.97 Å². The van der Waals surface area contributed by atoms with Crippen molar-refractivity contribution in [1.82, 2.24) is 4.90 Å². The average Bonchev–Trinajstić information content (AvgIpc) is 2.66. The number of carbonyl (C=O) groups is 1. The fraction of sp³-hybridized carbons (Fsp3) is 0.889. The third-order valence-corrected chi connectivity index (χ3v) is 3.26. The van der Waals surface area contributed by atoms with Crippen LogP contribution in [-0.4, -0.2) is 34.6 Å². The maximum Gasteiger partial charge on any atom is 0.324 e. The van der Waals surface area contributed by atoms with Crippen LogP contribution in [0.4, 0.5) is 0 Å². The molecule has 0 aromatic rings. The van der Waals surface area contributed by atoms with Crippen molar-refractivity contribution in [2.75, 3.05) is 13.1 Å². The van der Waals surface area contributed by atoms with Gasteiger partial charge in [-0.05, 0) is 18.8 Å². The molecular weight excluding hydrogens is 154 g/mol. The van der Waals surface area contributed by atoms with Crippen LogP contribution in [-0.2, 0) is 4.79 Å². The van der Waals surface area contributed by atoms with E-state index < -0.39 is 11.5 Å². The summed E-state index contributed by atoms with van der Waals surface area (Å²) in [4.78, 5) is 13.0. The lowest BCUT2D eigenvalue weighted by Gasteiger charge is -2.42. The van der Waals surface area contributed by atoms with Gasteiger partial charge in [0.2, 0.25) is 0 Å². The molecule has 2 fully saturated rings. The Hall–Kier alpha value is -0.570. The van der Waals surface area contributed by atoms with Gasteiger partial charge in [0, 0.05) is 13.1 Å². The zero-order chi connectivity index (χ0) is 8.77. The molecule has 68 valence electrons. The number of nitrogens with zero attached hydrogens (tertiary/aromatic N) is 1. The van der Waals surface area contributed by atoms with Gasteiger partial charge in [0.1, 0.15) is 5.54 Å². The van der Waals surface area contributed by atoms with Crippen LogP contribution in [0.25, 0.3) is 0 Å². The molecular formula is C9H15NO2. The Kier molecular flexibility index (Phi) is 1.65. The van der Waals surface area contributed by atoms with Crippen molar-refractivity contribution in [2.45, 2.75) is 31.7 Å². The minimum Gasteiger partial charge on any atom is -0.480 e. The Balaban J connectivity index is 1.91. The van der Waals surface area contributed by atoms with Crippen molar-refractivity contribution in [3.05, 3.63) is 0 Å². The van der Waals surface area contributed by atoms with Crippen LogP contribution in [0.15, 0.2) is 0 Å². The third kappa shape index (κ3) is 0.959. The van der Waals surface area contributed by atoms with Gasteiger partial charge in [-0.15, -0.1) is 0 Å². The Morgan fingerprint density at radius 1 is 1.58 bits per heavy atom. The summed E-state index contributed by atoms with van der Waals surface area (Å²) in [6.45, 7) is 4.17. The average molecular weight is 169 g/mol. The first kappa shape index (κ1) is 8.05. The van der Waals surface area contributed by atoms with Crippen LogP contribution in [0, 0.1) is 5.92 Å². The van der Waals surface area contributed by atoms with Gasteiger partial charge < -0.3 is 5.11 Å². The number of carboxylic acid groups (broad SMARTS) is 1. The number of rotatable bonds is 3. The van der Waals surface area contributed by atoms with Crippen LogP contribution < -0.4 is 0 Å². The minimum absolute atomic E-state index is 0.425. The SMILES string of the molecule is CCC1CN(C2(C(=O)O)CC2)C1. The highest BCUT2D eigenvalue weighted by atomic mass is 16.4. The van der Waals surface area contributed by atoms with Gasteiger partial charge in [0.15, 0.2) is 0 Å². The number of hydrogen-bond acceptors (Lipinski definition) is 2. The first-order valence-electron chi connectivity index (χ1n) is 4.67. The van der Waals surface area contributed by atoms with E-state index in [1.54, 1.807) is 0 Å². The molecule has 0 aromatic carbocycles. The van der Waals surface area contributed by atoms with Gasteiger partial charge in [0.05, 0.1) is 0 Å². The van der Waals surface area contributed by atoms with Gasteiger partial charge in [-0.3, -0.25) is 9.69 Å². The molecule has 12 heavy (non-hydrogen) atoms. The Morgan fingerprint density at radius 2 is 2.17 bits per heavy atom. The minimum atomic E-state index is -0.614. The fourth-order valence-electron chi connectivity index (χ4n) is 1.96. The van der Waals surface area contributed by atoms with Crippen molar-refractivity contribution in [1.29, 1.82) is 0 Å². The van der Waals surface area contributed by atoms with Crippen LogP contribution in [0.3, 0.4) is 0 Å². The van der Waals surface area contributed by atoms with Crippen molar-refractivity contribution in [3.63, 3.8) is 0 Å². The number of carboxylic acids is 1. The van der Waals surface area contributed by atoms with E-state index in [-0.39, 0.29) is 0 Å². The molecule has 2 aliphatic rings. The quantitative estimate of drug-likeness (QED) is 0.683. The largest absolute Gasteiger partial charge is 0.480 e. The van der Waals surface area contributed by atoms with Crippen molar-refractivity contribution in [2.24, 2.45) is 5.92 Å². The molecule has 0 spiro atoms. The van der Waals surface area contributed by atoms with Gasteiger partial charge in [0.25, 0.3) is 0 Å². The van der Waals surface area contributed by atoms with E-state index in [1.165, 1.54) is 6.42 Å². The Bertz CT molecular complexity index is 205. The second-order valence-electron chi connectivity index (χ2n) is 4.02. The maximum absolute atomic E-state index is 10.9. The smallest absolute Gasteiger partial charge is 0.324 e. The molecule has 0 unspecified atom stereocenters. The van der Waals surface area contributed by atoms with Crippen LogP contribution in [0.1, 0.15) is 26.2 Å². The first-order chi connectivity index (χ1) is 5.69. The predicted molar refractivity (Wildman–Crippen MR) is 45.0 cm³/mol. The molecule has 0 radical (unpaired) electrons. The normalized spacial score (nSPS) is 28.1. The van der Waals surface area contributed by atoms with Crippen LogP contribution >= 0.6 is 0 Å².